The molecule has 8 N–H and O–H groups in total. The predicted molar refractivity (Wildman–Crippen MR) is 34.6 cm³/mol. The Kier molecular flexibility index (Phi) is 171000. The van der Waals surface area contributed by atoms with E-state index >= 15 is 0 Å². The SMILES string of the molecule is [CH-]=O.[CH-]=O.[NH2-].[NH2-].[NH2-].[NH2-].[Ru+6]. The van der Waals surface area contributed by atoms with Crippen molar-refractivity contribution >= 4 is 13.6 Å². The third-order valence-electron chi connectivity index (χ3n) is 0. The molecule has 0 unspecified atom stereocenters. The molecule has 0 saturated carbocycles. The van der Waals surface area contributed by atoms with Crippen LogP contribution in [0.15, 0.2) is 0 Å². The third kappa shape index (κ3) is 6800. The molecule has 6 nitrogen and oxygen atoms in total. The standard InChI is InChI=1S/2CHO.4H2N.Ru/c2*1-2;;;;;/h2*1H;4*1H2;/q6*-1;+6. The average Bonchev–Trinajstić information content (AvgIpc) is 1.50. The van der Waals surface area contributed by atoms with E-state index in [-0.39, 0.29) is 44.1 Å². The molecule has 58 valence electrons. The minimum absolute atomic E-state index is 0. The predicted octanol–water partition coefficient (Wildman–Crippen LogP) is 2.32. The Balaban J connectivity index is -0.00000000114. The first-order valence-electron chi connectivity index (χ1n) is 0.471. The largest absolute Gasteiger partial charge is 6.00 e. The second-order valence-corrected chi connectivity index (χ2v) is 0. The molecule has 0 aliphatic heterocycles. The Morgan fingerprint density at radius 2 is 0.556 bits per heavy atom. The second-order valence-electron chi connectivity index (χ2n) is 0. The van der Waals surface area contributed by atoms with Gasteiger partial charge in [-0.1, -0.05) is 0 Å². The van der Waals surface area contributed by atoms with E-state index < -0.39 is 0 Å². The van der Waals surface area contributed by atoms with Gasteiger partial charge in [0.2, 0.25) is 0 Å². The second kappa shape index (κ2) is 9340. The van der Waals surface area contributed by atoms with Crippen molar-refractivity contribution in [2.45, 2.75) is 0 Å². The van der Waals surface area contributed by atoms with E-state index in [1.165, 1.54) is 0 Å². The minimum Gasteiger partial charge on any atom is -0.693 e. The van der Waals surface area contributed by atoms with Gasteiger partial charge in [0, 0.05) is 0 Å². The smallest absolute Gasteiger partial charge is 0.693 e. The first kappa shape index (κ1) is 165. The summed E-state index contributed by atoms with van der Waals surface area (Å²) in [6, 6.07) is 0. The molecule has 0 aromatic rings. The van der Waals surface area contributed by atoms with Crippen molar-refractivity contribution in [2.24, 2.45) is 0 Å². The molecule has 0 heterocycles. The molecule has 0 bridgehead atoms. The van der Waals surface area contributed by atoms with Crippen molar-refractivity contribution < 1.29 is 29.1 Å². The molecular formula is C2H10N4O2Ru. The summed E-state index contributed by atoms with van der Waals surface area (Å²) in [5, 5.41) is 0. The van der Waals surface area contributed by atoms with Crippen LogP contribution in [0.2, 0.25) is 0 Å². The Morgan fingerprint density at radius 1 is 0.556 bits per heavy atom. The molecule has 0 spiro atoms. The fourth-order valence-corrected chi connectivity index (χ4v) is 0. The van der Waals surface area contributed by atoms with Gasteiger partial charge in [-0.2, -0.15) is 0 Å². The molecular weight excluding hydrogens is 213 g/mol. The van der Waals surface area contributed by atoms with Crippen molar-refractivity contribution in [3.05, 3.63) is 24.6 Å². The third-order valence-corrected chi connectivity index (χ3v) is 0. The molecule has 0 radical (unpaired) electrons. The van der Waals surface area contributed by atoms with Crippen LogP contribution in [0.5, 0.6) is 0 Å². The zero-order chi connectivity index (χ0) is 4.00. The van der Waals surface area contributed by atoms with Gasteiger partial charge in [-0.15, -0.1) is 0 Å². The zero-order valence-electron chi connectivity index (χ0n) is 4.63. The monoisotopic (exact) mass is 224 g/mol. The molecule has 0 amide bonds. The maximum Gasteiger partial charge on any atom is 6.00 e. The van der Waals surface area contributed by atoms with E-state index in [0.29, 0.717) is 0 Å². The van der Waals surface area contributed by atoms with Gasteiger partial charge in [0.25, 0.3) is 0 Å². The molecule has 0 fully saturated rings. The summed E-state index contributed by atoms with van der Waals surface area (Å²) in [4.78, 5) is 15.5. The quantitative estimate of drug-likeness (QED) is 0.349. The summed E-state index contributed by atoms with van der Waals surface area (Å²) < 4.78 is 0. The summed E-state index contributed by atoms with van der Waals surface area (Å²) in [5.41, 5.74) is 0. The molecule has 9 heavy (non-hydrogen) atoms. The van der Waals surface area contributed by atoms with Gasteiger partial charge in [0.05, 0.1) is 0 Å². The van der Waals surface area contributed by atoms with Gasteiger partial charge in [0.1, 0.15) is 0 Å². The van der Waals surface area contributed by atoms with Gasteiger partial charge in [-0.05, 0) is 0 Å². The summed E-state index contributed by atoms with van der Waals surface area (Å²) in [6.45, 7) is 6.50. The van der Waals surface area contributed by atoms with E-state index in [4.69, 9.17) is 9.59 Å². The van der Waals surface area contributed by atoms with Crippen molar-refractivity contribution in [3.8, 4) is 0 Å². The molecule has 0 atom stereocenters. The summed E-state index contributed by atoms with van der Waals surface area (Å²) in [5.74, 6) is 0. The van der Waals surface area contributed by atoms with Crippen LogP contribution in [0, 0.1) is 0 Å². The van der Waals surface area contributed by atoms with E-state index in [9.17, 15) is 0 Å². The summed E-state index contributed by atoms with van der Waals surface area (Å²) in [7, 11) is 0. The summed E-state index contributed by atoms with van der Waals surface area (Å²) in [6.07, 6.45) is 0. The Labute approximate surface area is 67.9 Å². The summed E-state index contributed by atoms with van der Waals surface area (Å²) >= 11 is 0. The number of carbonyl (C=O) groups excluding carboxylic acids is 2. The maximum absolute atomic E-state index is 7.75. The van der Waals surface area contributed by atoms with Crippen LogP contribution < -0.4 is 0 Å². The van der Waals surface area contributed by atoms with E-state index in [2.05, 4.69) is 13.6 Å². The first-order chi connectivity index (χ1) is 2.00. The van der Waals surface area contributed by atoms with Crippen LogP contribution in [0.3, 0.4) is 0 Å². The van der Waals surface area contributed by atoms with Crippen LogP contribution >= 0.6 is 0 Å². The molecule has 7 heteroatoms. The van der Waals surface area contributed by atoms with Crippen LogP contribution in [0.1, 0.15) is 0 Å². The Morgan fingerprint density at radius 3 is 0.556 bits per heavy atom. The minimum atomic E-state index is 0. The van der Waals surface area contributed by atoms with Crippen LogP contribution in [0.25, 0.3) is 24.6 Å². The van der Waals surface area contributed by atoms with Gasteiger partial charge < -0.3 is 34.2 Å². The zero-order valence-corrected chi connectivity index (χ0v) is 6.37. The molecule has 0 aliphatic carbocycles. The number of rotatable bonds is 0. The van der Waals surface area contributed by atoms with Gasteiger partial charge >= 0.3 is 19.5 Å². The van der Waals surface area contributed by atoms with Crippen molar-refractivity contribution in [2.75, 3.05) is 0 Å². The van der Waals surface area contributed by atoms with E-state index in [0.717, 1.165) is 0 Å². The topological polar surface area (TPSA) is 168 Å². The van der Waals surface area contributed by atoms with Gasteiger partial charge in [-0.25, -0.2) is 0 Å². The molecule has 0 saturated heterocycles. The number of nitrogens with two attached hydrogens (primary N) is 4. The average molecular weight is 223 g/mol. The molecule has 0 rings (SSSR count). The van der Waals surface area contributed by atoms with Crippen molar-refractivity contribution in [1.29, 1.82) is 0 Å². The van der Waals surface area contributed by atoms with Gasteiger partial charge in [0.15, 0.2) is 0 Å². The Bertz CT molecular complexity index is 18.5. The molecule has 0 aliphatic rings. The fourth-order valence-electron chi connectivity index (χ4n) is 0. The maximum atomic E-state index is 7.75. The van der Waals surface area contributed by atoms with Crippen LogP contribution in [0.4, 0.5) is 0 Å². The first-order valence-corrected chi connectivity index (χ1v) is 0.471. The molecule has 0 aromatic heterocycles. The fraction of sp³-hybridized carbons (Fsp3) is 0. The van der Waals surface area contributed by atoms with Crippen molar-refractivity contribution in [1.82, 2.24) is 0 Å². The van der Waals surface area contributed by atoms with E-state index in [1.807, 2.05) is 0 Å². The van der Waals surface area contributed by atoms with Crippen LogP contribution in [-0.2, 0) is 29.1 Å². The molecule has 0 aromatic carbocycles. The van der Waals surface area contributed by atoms with E-state index in [1.54, 1.807) is 0 Å². The van der Waals surface area contributed by atoms with Gasteiger partial charge in [-0.3, -0.25) is 13.6 Å². The number of hydrogen-bond donors (Lipinski definition) is 0. The van der Waals surface area contributed by atoms with Crippen LogP contribution in [-0.4, -0.2) is 13.6 Å². The normalized spacial score (nSPS) is 0.889. The number of hydrogen-bond acceptors (Lipinski definition) is 2. The van der Waals surface area contributed by atoms with Crippen molar-refractivity contribution in [3.63, 3.8) is 0 Å². The Hall–Kier alpha value is -0.197.